The molecule has 0 radical (unpaired) electrons. The standard InChI is InChI=1S/C24H31N5O4/c1-27-19-11-14-29(16-18(19)23(26-27)24(32)28-12-5-6-13-28)22(31)10-9-21(30)25-15-17-7-3-4-8-20(17)33-2/h3-4,7-8H,5-6,9-16H2,1-2H3,(H,25,30). The number of hydrogen-bond donors (Lipinski definition) is 1. The number of likely N-dealkylation sites (tertiary alicyclic amines) is 1. The number of amides is 3. The molecule has 9 nitrogen and oxygen atoms in total. The van der Waals surface area contributed by atoms with E-state index in [0.717, 1.165) is 42.8 Å². The lowest BCUT2D eigenvalue weighted by molar-refractivity contribution is -0.134. The van der Waals surface area contributed by atoms with Crippen LogP contribution in [0.25, 0.3) is 0 Å². The molecule has 1 N–H and O–H groups in total. The van der Waals surface area contributed by atoms with Crippen LogP contribution < -0.4 is 10.1 Å². The maximum Gasteiger partial charge on any atom is 0.274 e. The minimum atomic E-state index is -0.182. The SMILES string of the molecule is COc1ccccc1CNC(=O)CCC(=O)N1CCc2c(c(C(=O)N3CCCC3)nn2C)C1. The molecule has 2 aliphatic rings. The molecule has 1 fully saturated rings. The summed E-state index contributed by atoms with van der Waals surface area (Å²) in [4.78, 5) is 41.7. The first-order chi connectivity index (χ1) is 16.0. The molecule has 0 unspecified atom stereocenters. The van der Waals surface area contributed by atoms with E-state index in [4.69, 9.17) is 4.74 Å². The van der Waals surface area contributed by atoms with Crippen molar-refractivity contribution in [2.45, 2.75) is 45.2 Å². The summed E-state index contributed by atoms with van der Waals surface area (Å²) < 4.78 is 7.07. The van der Waals surface area contributed by atoms with E-state index in [9.17, 15) is 14.4 Å². The first kappa shape index (κ1) is 22.8. The van der Waals surface area contributed by atoms with Gasteiger partial charge in [-0.25, -0.2) is 0 Å². The van der Waals surface area contributed by atoms with Crippen molar-refractivity contribution in [2.75, 3.05) is 26.7 Å². The number of para-hydroxylation sites is 1. The van der Waals surface area contributed by atoms with Gasteiger partial charge < -0.3 is 19.9 Å². The van der Waals surface area contributed by atoms with Gasteiger partial charge in [0.15, 0.2) is 5.69 Å². The van der Waals surface area contributed by atoms with Crippen molar-refractivity contribution in [3.63, 3.8) is 0 Å². The van der Waals surface area contributed by atoms with Gasteiger partial charge in [-0.3, -0.25) is 19.1 Å². The summed E-state index contributed by atoms with van der Waals surface area (Å²) in [7, 11) is 3.44. The smallest absolute Gasteiger partial charge is 0.274 e. The third-order valence-corrected chi connectivity index (χ3v) is 6.43. The molecular formula is C24H31N5O4. The van der Waals surface area contributed by atoms with E-state index < -0.39 is 0 Å². The second-order valence-electron chi connectivity index (χ2n) is 8.55. The third kappa shape index (κ3) is 5.02. The van der Waals surface area contributed by atoms with Crippen LogP contribution in [0.4, 0.5) is 0 Å². The Morgan fingerprint density at radius 2 is 1.82 bits per heavy atom. The van der Waals surface area contributed by atoms with Crippen molar-refractivity contribution in [3.8, 4) is 5.75 Å². The normalized spacial score (nSPS) is 15.3. The zero-order chi connectivity index (χ0) is 23.4. The van der Waals surface area contributed by atoms with Gasteiger partial charge in [0.1, 0.15) is 5.75 Å². The van der Waals surface area contributed by atoms with Crippen LogP contribution in [-0.2, 0) is 36.1 Å². The van der Waals surface area contributed by atoms with Crippen molar-refractivity contribution in [1.82, 2.24) is 24.9 Å². The van der Waals surface area contributed by atoms with Crippen LogP contribution in [0.2, 0.25) is 0 Å². The zero-order valence-corrected chi connectivity index (χ0v) is 19.3. The molecule has 2 aliphatic heterocycles. The molecule has 3 heterocycles. The van der Waals surface area contributed by atoms with E-state index >= 15 is 0 Å². The van der Waals surface area contributed by atoms with Crippen molar-refractivity contribution >= 4 is 17.7 Å². The molecule has 1 saturated heterocycles. The number of ether oxygens (including phenoxy) is 1. The second-order valence-corrected chi connectivity index (χ2v) is 8.55. The lowest BCUT2D eigenvalue weighted by Crippen LogP contribution is -2.38. The Labute approximate surface area is 193 Å². The first-order valence-corrected chi connectivity index (χ1v) is 11.5. The Hall–Kier alpha value is -3.36. The van der Waals surface area contributed by atoms with E-state index in [1.807, 2.05) is 36.2 Å². The molecule has 2 aromatic rings. The largest absolute Gasteiger partial charge is 0.496 e. The Balaban J connectivity index is 1.32. The van der Waals surface area contributed by atoms with E-state index in [2.05, 4.69) is 10.4 Å². The maximum atomic E-state index is 12.9. The molecule has 0 spiro atoms. The van der Waals surface area contributed by atoms with Gasteiger partial charge in [-0.1, -0.05) is 18.2 Å². The summed E-state index contributed by atoms with van der Waals surface area (Å²) in [6.45, 7) is 2.79. The molecule has 176 valence electrons. The van der Waals surface area contributed by atoms with E-state index in [0.29, 0.717) is 37.5 Å². The lowest BCUT2D eigenvalue weighted by atomic mass is 10.0. The van der Waals surface area contributed by atoms with Crippen LogP contribution in [0, 0.1) is 0 Å². The molecule has 3 amide bonds. The van der Waals surface area contributed by atoms with Gasteiger partial charge in [-0.15, -0.1) is 0 Å². The number of methoxy groups -OCH3 is 1. The molecule has 0 aliphatic carbocycles. The third-order valence-electron chi connectivity index (χ3n) is 6.43. The molecule has 0 saturated carbocycles. The van der Waals surface area contributed by atoms with Crippen LogP contribution >= 0.6 is 0 Å². The first-order valence-electron chi connectivity index (χ1n) is 11.5. The second kappa shape index (κ2) is 10.1. The highest BCUT2D eigenvalue weighted by molar-refractivity contribution is 5.94. The van der Waals surface area contributed by atoms with Gasteiger partial charge in [-0.2, -0.15) is 5.10 Å². The quantitative estimate of drug-likeness (QED) is 0.688. The highest BCUT2D eigenvalue weighted by Gasteiger charge is 2.31. The summed E-state index contributed by atoms with van der Waals surface area (Å²) >= 11 is 0. The Morgan fingerprint density at radius 3 is 2.58 bits per heavy atom. The maximum absolute atomic E-state index is 12.9. The molecule has 1 aromatic carbocycles. The number of aromatic nitrogens is 2. The number of fused-ring (bicyclic) bond motifs is 1. The number of carbonyl (C=O) groups excluding carboxylic acids is 3. The predicted molar refractivity (Wildman–Crippen MR) is 122 cm³/mol. The molecule has 4 rings (SSSR count). The van der Waals surface area contributed by atoms with Crippen LogP contribution in [0.5, 0.6) is 5.75 Å². The summed E-state index contributed by atoms with van der Waals surface area (Å²) in [5.74, 6) is 0.401. The number of benzene rings is 1. The fourth-order valence-corrected chi connectivity index (χ4v) is 4.56. The number of rotatable bonds is 7. The molecule has 33 heavy (non-hydrogen) atoms. The van der Waals surface area contributed by atoms with Gasteiger partial charge in [-0.05, 0) is 18.9 Å². The zero-order valence-electron chi connectivity index (χ0n) is 19.3. The topological polar surface area (TPSA) is 96.8 Å². The van der Waals surface area contributed by atoms with Crippen molar-refractivity contribution < 1.29 is 19.1 Å². The molecule has 0 atom stereocenters. The fraction of sp³-hybridized carbons (Fsp3) is 0.500. The lowest BCUT2D eigenvalue weighted by Gasteiger charge is -2.28. The van der Waals surface area contributed by atoms with Crippen LogP contribution in [0.15, 0.2) is 24.3 Å². The Morgan fingerprint density at radius 1 is 1.06 bits per heavy atom. The Kier molecular flexibility index (Phi) is 6.96. The number of nitrogens with zero attached hydrogens (tertiary/aromatic N) is 4. The van der Waals surface area contributed by atoms with Crippen molar-refractivity contribution in [2.24, 2.45) is 7.05 Å². The molecule has 0 bridgehead atoms. The van der Waals surface area contributed by atoms with Gasteiger partial charge >= 0.3 is 0 Å². The van der Waals surface area contributed by atoms with Gasteiger partial charge in [0.05, 0.1) is 7.11 Å². The van der Waals surface area contributed by atoms with Gasteiger partial charge in [0, 0.05) is 75.9 Å². The van der Waals surface area contributed by atoms with Crippen LogP contribution in [-0.4, -0.2) is 64.0 Å². The highest BCUT2D eigenvalue weighted by Crippen LogP contribution is 2.25. The van der Waals surface area contributed by atoms with Gasteiger partial charge in [0.2, 0.25) is 11.8 Å². The van der Waals surface area contributed by atoms with Crippen molar-refractivity contribution in [1.29, 1.82) is 0 Å². The predicted octanol–water partition coefficient (Wildman–Crippen LogP) is 1.65. The summed E-state index contributed by atoms with van der Waals surface area (Å²) in [6.07, 6.45) is 2.93. The van der Waals surface area contributed by atoms with Gasteiger partial charge in [0.25, 0.3) is 5.91 Å². The molecule has 9 heteroatoms. The summed E-state index contributed by atoms with van der Waals surface area (Å²) in [6, 6.07) is 7.50. The van der Waals surface area contributed by atoms with Crippen LogP contribution in [0.1, 0.15) is 53.0 Å². The highest BCUT2D eigenvalue weighted by atomic mass is 16.5. The molecular weight excluding hydrogens is 422 g/mol. The number of carbonyl (C=O) groups is 3. The minimum Gasteiger partial charge on any atom is -0.496 e. The minimum absolute atomic E-state index is 0.0469. The van der Waals surface area contributed by atoms with E-state index in [-0.39, 0.29) is 30.6 Å². The molecule has 1 aromatic heterocycles. The summed E-state index contributed by atoms with van der Waals surface area (Å²) in [5, 5.41) is 7.34. The Bertz CT molecular complexity index is 1040. The average molecular weight is 454 g/mol. The number of aryl methyl sites for hydroxylation is 1. The average Bonchev–Trinajstić information content (AvgIpc) is 3.49. The summed E-state index contributed by atoms with van der Waals surface area (Å²) in [5.41, 5.74) is 3.20. The van der Waals surface area contributed by atoms with Crippen LogP contribution in [0.3, 0.4) is 0 Å². The fourth-order valence-electron chi connectivity index (χ4n) is 4.56. The number of nitrogens with one attached hydrogen (secondary N) is 1. The number of hydrogen-bond acceptors (Lipinski definition) is 5. The van der Waals surface area contributed by atoms with Crippen molar-refractivity contribution in [3.05, 3.63) is 46.8 Å². The monoisotopic (exact) mass is 453 g/mol. The van der Waals surface area contributed by atoms with E-state index in [1.54, 1.807) is 16.7 Å². The van der Waals surface area contributed by atoms with E-state index in [1.165, 1.54) is 0 Å².